The lowest BCUT2D eigenvalue weighted by atomic mass is 9.98. The highest BCUT2D eigenvalue weighted by atomic mass is 16.7. The van der Waals surface area contributed by atoms with E-state index in [2.05, 4.69) is 81.5 Å². The second kappa shape index (κ2) is 32.4. The van der Waals surface area contributed by atoms with Gasteiger partial charge in [0.05, 0.1) is 12.7 Å². The molecule has 1 unspecified atom stereocenters. The molecule has 1 rings (SSSR count). The highest BCUT2D eigenvalue weighted by Gasteiger charge is 2.40. The molecule has 0 spiro atoms. The van der Waals surface area contributed by atoms with Crippen molar-refractivity contribution in [3.8, 4) is 0 Å². The van der Waals surface area contributed by atoms with Crippen LogP contribution in [0.4, 0.5) is 0 Å². The second-order valence-corrected chi connectivity index (χ2v) is 14.2. The van der Waals surface area contributed by atoms with E-state index in [-0.39, 0.29) is 11.9 Å². The molecule has 0 aromatic heterocycles. The first kappa shape index (κ1) is 42.9. The lowest BCUT2D eigenvalue weighted by Crippen LogP contribution is -2.31. The van der Waals surface area contributed by atoms with Crippen LogP contribution in [-0.4, -0.2) is 44.0 Å². The number of rotatable bonds is 33. The Hall–Kier alpha value is -1.16. The summed E-state index contributed by atoms with van der Waals surface area (Å²) in [7, 11) is 4.30. The largest absolute Gasteiger partial charge is 0.347 e. The van der Waals surface area contributed by atoms with Crippen LogP contribution >= 0.6 is 0 Å². The van der Waals surface area contributed by atoms with Crippen LogP contribution < -0.4 is 0 Å². The third-order valence-electron chi connectivity index (χ3n) is 9.33. The van der Waals surface area contributed by atoms with E-state index in [0.29, 0.717) is 0 Å². The number of hydrogen-bond donors (Lipinski definition) is 0. The maximum atomic E-state index is 6.67. The van der Waals surface area contributed by atoms with E-state index in [1.807, 2.05) is 0 Å². The minimum atomic E-state index is -0.318. The average Bonchev–Trinajstić information content (AvgIpc) is 3.46. The third kappa shape index (κ3) is 26.9. The molecule has 0 aliphatic carbocycles. The lowest BCUT2D eigenvalue weighted by molar-refractivity contribution is -0.180. The standard InChI is InChI=1S/C43H79NO2/c1-5-7-9-11-13-15-17-19-21-23-25-27-29-31-33-35-38-43(45-41-42(46-43)37-40-44(3)4)39-36-34-32-30-28-26-24-22-20-18-16-14-12-10-8-6-2/h13-16,19-22,42H,5-12,17-18,23-41H2,1-4H3/b15-13?,16-14?,21-19-,22-20-. The van der Waals surface area contributed by atoms with Gasteiger partial charge >= 0.3 is 0 Å². The molecule has 0 aromatic rings. The van der Waals surface area contributed by atoms with E-state index >= 15 is 0 Å². The van der Waals surface area contributed by atoms with Crippen molar-refractivity contribution in [2.24, 2.45) is 0 Å². The SMILES string of the molecule is CCCCCC=CC/C=C\CCCCCCCCC1(CCCCCCCC/C=C\CC=CCCCCC)OCC(CCN(C)C)O1. The fourth-order valence-corrected chi connectivity index (χ4v) is 6.31. The average molecular weight is 642 g/mol. The molecule has 1 heterocycles. The predicted octanol–water partition coefficient (Wildman–Crippen LogP) is 13.5. The summed E-state index contributed by atoms with van der Waals surface area (Å²) in [6.45, 7) is 6.38. The van der Waals surface area contributed by atoms with Crippen molar-refractivity contribution in [2.75, 3.05) is 27.2 Å². The van der Waals surface area contributed by atoms with Gasteiger partial charge < -0.3 is 14.4 Å². The molecule has 1 aliphatic rings. The van der Waals surface area contributed by atoms with Crippen molar-refractivity contribution in [1.29, 1.82) is 0 Å². The van der Waals surface area contributed by atoms with Crippen molar-refractivity contribution < 1.29 is 9.47 Å². The highest BCUT2D eigenvalue weighted by Crippen LogP contribution is 2.35. The zero-order valence-corrected chi connectivity index (χ0v) is 31.5. The summed E-state index contributed by atoms with van der Waals surface area (Å²) in [5, 5.41) is 0. The van der Waals surface area contributed by atoms with Gasteiger partial charge in [0.1, 0.15) is 0 Å². The van der Waals surface area contributed by atoms with Crippen LogP contribution in [0, 0.1) is 0 Å². The van der Waals surface area contributed by atoms with Crippen molar-refractivity contribution in [3.63, 3.8) is 0 Å². The molecule has 3 heteroatoms. The topological polar surface area (TPSA) is 21.7 Å². The first-order valence-electron chi connectivity index (χ1n) is 20.2. The summed E-state index contributed by atoms with van der Waals surface area (Å²) in [6, 6.07) is 0. The van der Waals surface area contributed by atoms with Gasteiger partial charge in [-0.25, -0.2) is 0 Å². The van der Waals surface area contributed by atoms with Crippen LogP contribution in [0.15, 0.2) is 48.6 Å². The fourth-order valence-electron chi connectivity index (χ4n) is 6.31. The van der Waals surface area contributed by atoms with E-state index in [4.69, 9.17) is 9.47 Å². The Bertz CT molecular complexity index is 704. The molecule has 0 bridgehead atoms. The van der Waals surface area contributed by atoms with E-state index < -0.39 is 0 Å². The van der Waals surface area contributed by atoms with E-state index in [1.165, 1.54) is 141 Å². The maximum Gasteiger partial charge on any atom is 0.168 e. The van der Waals surface area contributed by atoms with Gasteiger partial charge in [0, 0.05) is 19.4 Å². The van der Waals surface area contributed by atoms with Crippen LogP contribution in [0.25, 0.3) is 0 Å². The Morgan fingerprint density at radius 1 is 0.522 bits per heavy atom. The van der Waals surface area contributed by atoms with E-state index in [9.17, 15) is 0 Å². The molecule has 1 atom stereocenters. The molecule has 0 saturated carbocycles. The maximum absolute atomic E-state index is 6.67. The Kier molecular flexibility index (Phi) is 30.2. The molecule has 0 amide bonds. The van der Waals surface area contributed by atoms with Crippen LogP contribution in [0.3, 0.4) is 0 Å². The van der Waals surface area contributed by atoms with Crippen molar-refractivity contribution in [2.45, 2.75) is 199 Å². The van der Waals surface area contributed by atoms with Crippen molar-refractivity contribution >= 4 is 0 Å². The molecule has 1 aliphatic heterocycles. The minimum Gasteiger partial charge on any atom is -0.347 e. The Balaban J connectivity index is 2.16. The number of nitrogens with zero attached hydrogens (tertiary/aromatic N) is 1. The molecule has 3 nitrogen and oxygen atoms in total. The van der Waals surface area contributed by atoms with Crippen molar-refractivity contribution in [1.82, 2.24) is 4.90 Å². The molecular weight excluding hydrogens is 562 g/mol. The van der Waals surface area contributed by atoms with Crippen LogP contribution in [-0.2, 0) is 9.47 Å². The Morgan fingerprint density at radius 3 is 1.33 bits per heavy atom. The first-order valence-corrected chi connectivity index (χ1v) is 20.2. The zero-order valence-electron chi connectivity index (χ0n) is 31.5. The van der Waals surface area contributed by atoms with Gasteiger partial charge in [0.15, 0.2) is 5.79 Å². The molecule has 0 radical (unpaired) electrons. The second-order valence-electron chi connectivity index (χ2n) is 14.2. The smallest absolute Gasteiger partial charge is 0.168 e. The van der Waals surface area contributed by atoms with Gasteiger partial charge in [-0.3, -0.25) is 0 Å². The molecule has 0 aromatic carbocycles. The lowest BCUT2D eigenvalue weighted by Gasteiger charge is -2.29. The number of hydrogen-bond acceptors (Lipinski definition) is 3. The molecule has 1 saturated heterocycles. The minimum absolute atomic E-state index is 0.261. The Morgan fingerprint density at radius 2 is 0.913 bits per heavy atom. The molecule has 0 N–H and O–H groups in total. The van der Waals surface area contributed by atoms with Gasteiger partial charge in [-0.2, -0.15) is 0 Å². The third-order valence-corrected chi connectivity index (χ3v) is 9.33. The Labute approximate surface area is 288 Å². The van der Waals surface area contributed by atoms with Gasteiger partial charge in [0.25, 0.3) is 0 Å². The van der Waals surface area contributed by atoms with Crippen LogP contribution in [0.2, 0.25) is 0 Å². The number of ether oxygens (including phenoxy) is 2. The van der Waals surface area contributed by atoms with Crippen molar-refractivity contribution in [3.05, 3.63) is 48.6 Å². The molecule has 46 heavy (non-hydrogen) atoms. The van der Waals surface area contributed by atoms with Crippen LogP contribution in [0.5, 0.6) is 0 Å². The molecular formula is C43H79NO2. The summed E-state index contributed by atoms with van der Waals surface area (Å²) in [5.41, 5.74) is 0. The van der Waals surface area contributed by atoms with E-state index in [0.717, 1.165) is 45.3 Å². The monoisotopic (exact) mass is 642 g/mol. The fraction of sp³-hybridized carbons (Fsp3) is 0.814. The highest BCUT2D eigenvalue weighted by molar-refractivity contribution is 4.93. The summed E-state index contributed by atoms with van der Waals surface area (Å²) < 4.78 is 13.1. The van der Waals surface area contributed by atoms with Crippen LogP contribution in [0.1, 0.15) is 187 Å². The van der Waals surface area contributed by atoms with Gasteiger partial charge in [0.2, 0.25) is 0 Å². The predicted molar refractivity (Wildman–Crippen MR) is 205 cm³/mol. The van der Waals surface area contributed by atoms with Gasteiger partial charge in [-0.1, -0.05) is 140 Å². The number of allylic oxidation sites excluding steroid dienone is 8. The van der Waals surface area contributed by atoms with Gasteiger partial charge in [-0.15, -0.1) is 0 Å². The molecule has 268 valence electrons. The summed E-state index contributed by atoms with van der Waals surface area (Å²) in [5.74, 6) is -0.318. The number of unbranched alkanes of at least 4 members (excludes halogenated alkanes) is 18. The first-order chi connectivity index (χ1) is 22.6. The molecule has 1 fully saturated rings. The summed E-state index contributed by atoms with van der Waals surface area (Å²) >= 11 is 0. The normalized spacial score (nSPS) is 19.0. The summed E-state index contributed by atoms with van der Waals surface area (Å²) in [4.78, 5) is 2.26. The summed E-state index contributed by atoms with van der Waals surface area (Å²) in [6.07, 6.45) is 53.3. The quantitative estimate of drug-likeness (QED) is 0.0526. The van der Waals surface area contributed by atoms with Gasteiger partial charge in [-0.05, 0) is 97.6 Å². The zero-order chi connectivity index (χ0) is 33.2. The van der Waals surface area contributed by atoms with E-state index in [1.54, 1.807) is 0 Å².